The van der Waals surface area contributed by atoms with Gasteiger partial charge in [-0.2, -0.15) is 0 Å². The number of anilines is 2. The summed E-state index contributed by atoms with van der Waals surface area (Å²) in [6.45, 7) is 4.31. The molecule has 1 saturated heterocycles. The third-order valence-electron chi connectivity index (χ3n) is 4.74. The fourth-order valence-electron chi connectivity index (χ4n) is 3.30. The molecule has 0 aliphatic carbocycles. The molecule has 1 aliphatic heterocycles. The van der Waals surface area contributed by atoms with Crippen molar-refractivity contribution in [1.29, 1.82) is 0 Å². The molecule has 2 aromatic rings. The van der Waals surface area contributed by atoms with Gasteiger partial charge in [0.25, 0.3) is 0 Å². The lowest BCUT2D eigenvalue weighted by Gasteiger charge is -2.17. The molecule has 142 valence electrons. The minimum Gasteiger partial charge on any atom is -0.462 e. The van der Waals surface area contributed by atoms with Gasteiger partial charge in [0.05, 0.1) is 17.9 Å². The van der Waals surface area contributed by atoms with Crippen LogP contribution in [0, 0.1) is 0 Å². The second kappa shape index (κ2) is 9.21. The van der Waals surface area contributed by atoms with E-state index in [9.17, 15) is 9.59 Å². The highest BCUT2D eigenvalue weighted by Crippen LogP contribution is 2.21. The normalized spacial score (nSPS) is 13.4. The van der Waals surface area contributed by atoms with Crippen LogP contribution in [0.3, 0.4) is 0 Å². The van der Waals surface area contributed by atoms with Crippen molar-refractivity contribution in [3.8, 4) is 0 Å². The van der Waals surface area contributed by atoms with Gasteiger partial charge in [-0.05, 0) is 56.0 Å². The standard InChI is InChI=1S/C22H26N2O3/c1-2-27-22(26)19-7-3-4-8-20(19)23-21(25)14-11-17-9-12-18(13-10-17)24-15-5-6-16-24/h3-4,7-10,12-13H,2,5-6,11,14-16H2,1H3,(H,23,25). The predicted molar refractivity (Wildman–Crippen MR) is 107 cm³/mol. The maximum Gasteiger partial charge on any atom is 0.340 e. The van der Waals surface area contributed by atoms with E-state index in [1.165, 1.54) is 18.5 Å². The number of aryl methyl sites for hydroxylation is 1. The van der Waals surface area contributed by atoms with Crippen LogP contribution in [0.15, 0.2) is 48.5 Å². The first kappa shape index (κ1) is 19.0. The van der Waals surface area contributed by atoms with Crippen LogP contribution >= 0.6 is 0 Å². The summed E-state index contributed by atoms with van der Waals surface area (Å²) in [5, 5.41) is 2.83. The molecular formula is C22H26N2O3. The first-order chi connectivity index (χ1) is 13.2. The zero-order valence-electron chi connectivity index (χ0n) is 15.7. The lowest BCUT2D eigenvalue weighted by Crippen LogP contribution is -2.17. The van der Waals surface area contributed by atoms with E-state index in [1.54, 1.807) is 31.2 Å². The molecule has 1 heterocycles. The summed E-state index contributed by atoms with van der Waals surface area (Å²) < 4.78 is 5.04. The van der Waals surface area contributed by atoms with Crippen molar-refractivity contribution in [3.05, 3.63) is 59.7 Å². The van der Waals surface area contributed by atoms with Crippen molar-refractivity contribution in [2.24, 2.45) is 0 Å². The number of hydrogen-bond acceptors (Lipinski definition) is 4. The minimum atomic E-state index is -0.425. The Morgan fingerprint density at radius 1 is 1.04 bits per heavy atom. The predicted octanol–water partition coefficient (Wildman–Crippen LogP) is 4.03. The van der Waals surface area contributed by atoms with Gasteiger partial charge in [0.1, 0.15) is 0 Å². The Balaban J connectivity index is 1.55. The van der Waals surface area contributed by atoms with Gasteiger partial charge in [-0.3, -0.25) is 4.79 Å². The third kappa shape index (κ3) is 5.09. The van der Waals surface area contributed by atoms with E-state index in [-0.39, 0.29) is 5.91 Å². The molecule has 5 heteroatoms. The van der Waals surface area contributed by atoms with Gasteiger partial charge in [-0.25, -0.2) is 4.79 Å². The van der Waals surface area contributed by atoms with Crippen LogP contribution in [0.4, 0.5) is 11.4 Å². The molecule has 0 atom stereocenters. The fraction of sp³-hybridized carbons (Fsp3) is 0.364. The molecule has 0 aromatic heterocycles. The summed E-state index contributed by atoms with van der Waals surface area (Å²) in [4.78, 5) is 26.7. The first-order valence-electron chi connectivity index (χ1n) is 9.57. The molecule has 0 unspecified atom stereocenters. The van der Waals surface area contributed by atoms with Crippen molar-refractivity contribution in [1.82, 2.24) is 0 Å². The number of carbonyl (C=O) groups excluding carboxylic acids is 2. The smallest absolute Gasteiger partial charge is 0.340 e. The van der Waals surface area contributed by atoms with Gasteiger partial charge in [-0.15, -0.1) is 0 Å². The highest BCUT2D eigenvalue weighted by molar-refractivity contribution is 6.01. The van der Waals surface area contributed by atoms with Gasteiger partial charge in [0.2, 0.25) is 5.91 Å². The molecule has 0 bridgehead atoms. The number of ether oxygens (including phenoxy) is 1. The topological polar surface area (TPSA) is 58.6 Å². The number of esters is 1. The Hall–Kier alpha value is -2.82. The summed E-state index contributed by atoms with van der Waals surface area (Å²) in [6, 6.07) is 15.4. The molecule has 1 aliphatic rings. The fourth-order valence-corrected chi connectivity index (χ4v) is 3.30. The molecule has 5 nitrogen and oxygen atoms in total. The highest BCUT2D eigenvalue weighted by atomic mass is 16.5. The second-order valence-electron chi connectivity index (χ2n) is 6.67. The summed E-state index contributed by atoms with van der Waals surface area (Å²) in [7, 11) is 0. The molecule has 0 radical (unpaired) electrons. The Bertz CT molecular complexity index is 780. The number of amides is 1. The number of benzene rings is 2. The number of nitrogens with zero attached hydrogens (tertiary/aromatic N) is 1. The van der Waals surface area contributed by atoms with E-state index < -0.39 is 5.97 Å². The van der Waals surface area contributed by atoms with Crippen molar-refractivity contribution >= 4 is 23.3 Å². The van der Waals surface area contributed by atoms with Crippen molar-refractivity contribution in [2.45, 2.75) is 32.6 Å². The molecule has 27 heavy (non-hydrogen) atoms. The maximum absolute atomic E-state index is 12.3. The van der Waals surface area contributed by atoms with E-state index in [2.05, 4.69) is 34.5 Å². The van der Waals surface area contributed by atoms with E-state index in [4.69, 9.17) is 4.74 Å². The van der Waals surface area contributed by atoms with Gasteiger partial charge >= 0.3 is 5.97 Å². The van der Waals surface area contributed by atoms with Crippen LogP contribution in [0.1, 0.15) is 42.1 Å². The molecule has 0 spiro atoms. The Morgan fingerprint density at radius 3 is 2.44 bits per heavy atom. The van der Waals surface area contributed by atoms with E-state index in [0.717, 1.165) is 18.7 Å². The monoisotopic (exact) mass is 366 g/mol. The number of para-hydroxylation sites is 1. The van der Waals surface area contributed by atoms with Crippen LogP contribution < -0.4 is 10.2 Å². The van der Waals surface area contributed by atoms with Crippen LogP contribution in [-0.2, 0) is 16.0 Å². The summed E-state index contributed by atoms with van der Waals surface area (Å²) >= 11 is 0. The van der Waals surface area contributed by atoms with Crippen LogP contribution in [0.5, 0.6) is 0 Å². The number of carbonyl (C=O) groups is 2. The quantitative estimate of drug-likeness (QED) is 0.752. The largest absolute Gasteiger partial charge is 0.462 e. The lowest BCUT2D eigenvalue weighted by molar-refractivity contribution is -0.116. The molecule has 1 N–H and O–H groups in total. The molecule has 1 fully saturated rings. The number of rotatable bonds is 7. The van der Waals surface area contributed by atoms with Crippen molar-refractivity contribution in [3.63, 3.8) is 0 Å². The van der Waals surface area contributed by atoms with E-state index in [1.807, 2.05) is 0 Å². The highest BCUT2D eigenvalue weighted by Gasteiger charge is 2.14. The number of nitrogens with one attached hydrogen (secondary N) is 1. The van der Waals surface area contributed by atoms with Crippen LogP contribution in [-0.4, -0.2) is 31.6 Å². The van der Waals surface area contributed by atoms with Crippen LogP contribution in [0.25, 0.3) is 0 Å². The van der Waals surface area contributed by atoms with Gasteiger partial charge < -0.3 is 15.0 Å². The summed E-state index contributed by atoms with van der Waals surface area (Å²) in [5.41, 5.74) is 3.25. The van der Waals surface area contributed by atoms with Crippen LogP contribution in [0.2, 0.25) is 0 Å². The van der Waals surface area contributed by atoms with Gasteiger partial charge in [-0.1, -0.05) is 24.3 Å². The van der Waals surface area contributed by atoms with E-state index >= 15 is 0 Å². The van der Waals surface area contributed by atoms with Crippen molar-refractivity contribution < 1.29 is 14.3 Å². The average Bonchev–Trinajstić information content (AvgIpc) is 3.22. The Morgan fingerprint density at radius 2 is 1.74 bits per heavy atom. The maximum atomic E-state index is 12.3. The molecular weight excluding hydrogens is 340 g/mol. The van der Waals surface area contributed by atoms with E-state index in [0.29, 0.717) is 30.7 Å². The van der Waals surface area contributed by atoms with Crippen molar-refractivity contribution in [2.75, 3.05) is 29.9 Å². The molecule has 0 saturated carbocycles. The molecule has 1 amide bonds. The SMILES string of the molecule is CCOC(=O)c1ccccc1NC(=O)CCc1ccc(N2CCCC2)cc1. The van der Waals surface area contributed by atoms with Gasteiger partial charge in [0, 0.05) is 25.2 Å². The number of hydrogen-bond donors (Lipinski definition) is 1. The lowest BCUT2D eigenvalue weighted by atomic mass is 10.1. The summed E-state index contributed by atoms with van der Waals surface area (Å²) in [6.07, 6.45) is 3.54. The average molecular weight is 366 g/mol. The summed E-state index contributed by atoms with van der Waals surface area (Å²) in [5.74, 6) is -0.540. The minimum absolute atomic E-state index is 0.115. The Kier molecular flexibility index (Phi) is 6.47. The zero-order chi connectivity index (χ0) is 19.1. The molecule has 2 aromatic carbocycles. The first-order valence-corrected chi connectivity index (χ1v) is 9.57. The zero-order valence-corrected chi connectivity index (χ0v) is 15.7. The Labute approximate surface area is 160 Å². The second-order valence-corrected chi connectivity index (χ2v) is 6.67. The van der Waals surface area contributed by atoms with Gasteiger partial charge in [0.15, 0.2) is 0 Å². The molecule has 3 rings (SSSR count). The third-order valence-corrected chi connectivity index (χ3v) is 4.74.